The fraction of sp³-hybridized carbons (Fsp3) is 0.708. The number of hydrogen-bond donors (Lipinski definition) is 2. The lowest BCUT2D eigenvalue weighted by Crippen LogP contribution is -2.54. The molecule has 0 amide bonds. The summed E-state index contributed by atoms with van der Waals surface area (Å²) in [5, 5.41) is 20.7. The van der Waals surface area contributed by atoms with E-state index in [1.165, 1.54) is 12.7 Å². The van der Waals surface area contributed by atoms with Gasteiger partial charge in [-0.25, -0.2) is 0 Å². The summed E-state index contributed by atoms with van der Waals surface area (Å²) in [7, 11) is 1.40. The molecule has 0 aromatic rings. The molecule has 2 saturated carbocycles. The van der Waals surface area contributed by atoms with Crippen LogP contribution in [0.4, 0.5) is 0 Å². The van der Waals surface area contributed by atoms with E-state index in [1.807, 2.05) is 0 Å². The zero-order valence-corrected chi connectivity index (χ0v) is 18.1. The highest BCUT2D eigenvalue weighted by Crippen LogP contribution is 2.67. The second-order valence-corrected chi connectivity index (χ2v) is 10.2. The Balaban J connectivity index is 1.79. The molecule has 0 spiro atoms. The minimum absolute atomic E-state index is 0.0506. The Kier molecular flexibility index (Phi) is 5.00. The highest BCUT2D eigenvalue weighted by molar-refractivity contribution is 5.92. The van der Waals surface area contributed by atoms with Crippen molar-refractivity contribution in [1.82, 2.24) is 0 Å². The number of carbonyl (C=O) groups excluding carboxylic acids is 2. The molecule has 164 valence electrons. The maximum absolute atomic E-state index is 12.8. The summed E-state index contributed by atoms with van der Waals surface area (Å²) < 4.78 is 5.17. The van der Waals surface area contributed by atoms with Crippen molar-refractivity contribution < 1.29 is 29.3 Å². The Bertz CT molecular complexity index is 856. The summed E-state index contributed by atoms with van der Waals surface area (Å²) >= 11 is 0. The average molecular weight is 417 g/mol. The third-order valence-corrected chi connectivity index (χ3v) is 8.97. The summed E-state index contributed by atoms with van der Waals surface area (Å²) in [6.07, 6.45) is 7.83. The van der Waals surface area contributed by atoms with E-state index in [-0.39, 0.29) is 47.8 Å². The Morgan fingerprint density at radius 3 is 2.67 bits per heavy atom. The van der Waals surface area contributed by atoms with Crippen molar-refractivity contribution in [2.45, 2.75) is 70.8 Å². The highest BCUT2D eigenvalue weighted by atomic mass is 16.5. The predicted molar refractivity (Wildman–Crippen MR) is 109 cm³/mol. The van der Waals surface area contributed by atoms with Crippen molar-refractivity contribution in [1.29, 1.82) is 0 Å². The van der Waals surface area contributed by atoms with Crippen molar-refractivity contribution in [2.24, 2.45) is 28.6 Å². The number of methoxy groups -OCH3 is 1. The van der Waals surface area contributed by atoms with Crippen molar-refractivity contribution in [3.63, 3.8) is 0 Å². The van der Waals surface area contributed by atoms with E-state index in [4.69, 9.17) is 9.84 Å². The van der Waals surface area contributed by atoms with E-state index in [2.05, 4.69) is 19.9 Å². The van der Waals surface area contributed by atoms with Gasteiger partial charge in [-0.3, -0.25) is 14.4 Å². The molecule has 0 saturated heterocycles. The summed E-state index contributed by atoms with van der Waals surface area (Å²) in [5.41, 5.74) is 0.474. The van der Waals surface area contributed by atoms with Gasteiger partial charge in [0.25, 0.3) is 0 Å². The van der Waals surface area contributed by atoms with Crippen LogP contribution in [0.1, 0.15) is 65.2 Å². The van der Waals surface area contributed by atoms with Crippen molar-refractivity contribution in [3.05, 3.63) is 23.3 Å². The molecule has 0 aliphatic heterocycles. The predicted octanol–water partition coefficient (Wildman–Crippen LogP) is 3.43. The molecule has 0 heterocycles. The molecule has 0 radical (unpaired) electrons. The van der Waals surface area contributed by atoms with Crippen LogP contribution < -0.4 is 0 Å². The number of ether oxygens (including phenoxy) is 1. The molecule has 2 N–H and O–H groups in total. The van der Waals surface area contributed by atoms with E-state index < -0.39 is 17.0 Å². The fourth-order valence-electron chi connectivity index (χ4n) is 7.07. The smallest absolute Gasteiger partial charge is 0.309 e. The molecular weight excluding hydrogens is 384 g/mol. The van der Waals surface area contributed by atoms with Crippen LogP contribution in [0.3, 0.4) is 0 Å². The summed E-state index contributed by atoms with van der Waals surface area (Å²) in [6.45, 7) is 4.25. The van der Waals surface area contributed by atoms with Gasteiger partial charge in [-0.15, -0.1) is 0 Å². The number of carbonyl (C=O) groups is 3. The second-order valence-electron chi connectivity index (χ2n) is 10.2. The van der Waals surface area contributed by atoms with Gasteiger partial charge in [0.15, 0.2) is 5.78 Å². The third-order valence-electron chi connectivity index (χ3n) is 8.97. The van der Waals surface area contributed by atoms with Crippen molar-refractivity contribution in [2.75, 3.05) is 7.11 Å². The third kappa shape index (κ3) is 2.90. The van der Waals surface area contributed by atoms with Gasteiger partial charge in [-0.1, -0.05) is 31.1 Å². The van der Waals surface area contributed by atoms with Crippen LogP contribution in [0.5, 0.6) is 0 Å². The van der Waals surface area contributed by atoms with E-state index in [0.717, 1.165) is 18.4 Å². The van der Waals surface area contributed by atoms with Crippen LogP contribution in [0.25, 0.3) is 0 Å². The Morgan fingerprint density at radius 2 is 2.00 bits per heavy atom. The number of aliphatic hydroxyl groups is 1. The number of aliphatic carboxylic acids is 1. The summed E-state index contributed by atoms with van der Waals surface area (Å²) in [5.74, 6) is -1.40. The molecule has 6 nitrogen and oxygen atoms in total. The molecule has 2 fully saturated rings. The molecule has 6 heteroatoms. The van der Waals surface area contributed by atoms with Gasteiger partial charge in [0.2, 0.25) is 0 Å². The first-order valence-electron chi connectivity index (χ1n) is 11.0. The van der Waals surface area contributed by atoms with Gasteiger partial charge in [0, 0.05) is 23.7 Å². The van der Waals surface area contributed by atoms with E-state index >= 15 is 0 Å². The fourth-order valence-corrected chi connectivity index (χ4v) is 7.07. The zero-order valence-electron chi connectivity index (χ0n) is 18.1. The van der Waals surface area contributed by atoms with Gasteiger partial charge < -0.3 is 14.9 Å². The van der Waals surface area contributed by atoms with Crippen LogP contribution in [-0.4, -0.2) is 40.6 Å². The Labute approximate surface area is 177 Å². The molecule has 30 heavy (non-hydrogen) atoms. The molecule has 0 aromatic heterocycles. The van der Waals surface area contributed by atoms with Gasteiger partial charge in [0.05, 0.1) is 18.6 Å². The molecule has 0 aromatic carbocycles. The number of fused-ring (bicyclic) bond motifs is 5. The minimum Gasteiger partial charge on any atom is -0.481 e. The average Bonchev–Trinajstić information content (AvgIpc) is 2.97. The molecule has 4 aliphatic rings. The van der Waals surface area contributed by atoms with E-state index in [1.54, 1.807) is 6.08 Å². The first kappa shape index (κ1) is 21.3. The molecule has 4 aliphatic carbocycles. The maximum Gasteiger partial charge on any atom is 0.309 e. The van der Waals surface area contributed by atoms with Gasteiger partial charge in [0.1, 0.15) is 0 Å². The van der Waals surface area contributed by atoms with Crippen molar-refractivity contribution in [3.8, 4) is 0 Å². The molecular formula is C24H32O6. The molecule has 0 bridgehead atoms. The van der Waals surface area contributed by atoms with Gasteiger partial charge in [-0.2, -0.15) is 0 Å². The van der Waals surface area contributed by atoms with Gasteiger partial charge >= 0.3 is 11.9 Å². The lowest BCUT2D eigenvalue weighted by molar-refractivity contribution is -0.152. The number of carboxylic acids is 1. The van der Waals surface area contributed by atoms with Crippen LogP contribution >= 0.6 is 0 Å². The normalized spacial score (nSPS) is 42.4. The SMILES string of the molecule is COC(=O)C1CC2=CC(=O)CC[C@]2(C)C2=CC[C@@]3(C)[C@@H](CC[C@]3(O)CCC(=O)O)[C@@H]21. The Hall–Kier alpha value is -1.95. The number of rotatable bonds is 4. The lowest BCUT2D eigenvalue weighted by atomic mass is 9.48. The molecule has 6 atom stereocenters. The van der Waals surface area contributed by atoms with Crippen LogP contribution in [0.15, 0.2) is 23.3 Å². The van der Waals surface area contributed by atoms with E-state index in [0.29, 0.717) is 25.7 Å². The number of carboxylic acid groups (broad SMARTS) is 1. The first-order chi connectivity index (χ1) is 14.1. The Morgan fingerprint density at radius 1 is 1.27 bits per heavy atom. The van der Waals surface area contributed by atoms with Crippen LogP contribution in [0.2, 0.25) is 0 Å². The van der Waals surface area contributed by atoms with E-state index in [9.17, 15) is 19.5 Å². The molecule has 1 unspecified atom stereocenters. The quantitative estimate of drug-likeness (QED) is 0.538. The summed E-state index contributed by atoms with van der Waals surface area (Å²) in [6, 6.07) is 0. The van der Waals surface area contributed by atoms with Crippen LogP contribution in [-0.2, 0) is 19.1 Å². The lowest BCUT2D eigenvalue weighted by Gasteiger charge is -2.56. The highest BCUT2D eigenvalue weighted by Gasteiger charge is 2.64. The number of allylic oxidation sites excluding steroid dienone is 4. The maximum atomic E-state index is 12.8. The standard InChI is InChI=1S/C24H32O6/c1-22-8-4-15(25)12-14(22)13-16(21(28)30-3)20-17(22)5-9-23(2)18(20)6-10-24(23,29)11-7-19(26)27/h5,12,16,18,20,29H,4,6-11,13H2,1-3H3,(H,26,27)/t16?,18-,20+,22-,23-,24-/m0/s1. The zero-order chi connectivity index (χ0) is 21.9. The monoisotopic (exact) mass is 416 g/mol. The number of ketones is 1. The van der Waals surface area contributed by atoms with Crippen molar-refractivity contribution >= 4 is 17.7 Å². The topological polar surface area (TPSA) is 101 Å². The largest absolute Gasteiger partial charge is 0.481 e. The van der Waals surface area contributed by atoms with Crippen LogP contribution in [0, 0.1) is 28.6 Å². The number of hydrogen-bond acceptors (Lipinski definition) is 5. The first-order valence-corrected chi connectivity index (χ1v) is 11.0. The molecule has 4 rings (SSSR count). The minimum atomic E-state index is -1.06. The second kappa shape index (κ2) is 7.04. The summed E-state index contributed by atoms with van der Waals surface area (Å²) in [4.78, 5) is 36.1. The van der Waals surface area contributed by atoms with Gasteiger partial charge in [-0.05, 0) is 56.4 Å². The number of esters is 1.